The van der Waals surface area contributed by atoms with Crippen molar-refractivity contribution in [1.29, 1.82) is 0 Å². The van der Waals surface area contributed by atoms with Crippen LogP contribution < -0.4 is 31.8 Å². The van der Waals surface area contributed by atoms with E-state index in [0.717, 1.165) is 5.30 Å². The summed E-state index contributed by atoms with van der Waals surface area (Å²) in [6.07, 6.45) is 0. The van der Waals surface area contributed by atoms with Gasteiger partial charge in [0.1, 0.15) is 0 Å². The predicted molar refractivity (Wildman–Crippen MR) is 172 cm³/mol. The molecule has 0 saturated heterocycles. The van der Waals surface area contributed by atoms with Gasteiger partial charge in [-0.3, -0.25) is 0 Å². The van der Waals surface area contributed by atoms with Crippen molar-refractivity contribution >= 4 is 70.9 Å². The van der Waals surface area contributed by atoms with E-state index in [-0.39, 0.29) is 37.5 Å². The average molecular weight is 730 g/mol. The van der Waals surface area contributed by atoms with Crippen molar-refractivity contribution in [3.63, 3.8) is 0 Å². The van der Waals surface area contributed by atoms with Crippen LogP contribution in [0.15, 0.2) is 158 Å². The molecule has 0 radical (unpaired) electrons. The van der Waals surface area contributed by atoms with Crippen LogP contribution in [0.25, 0.3) is 0 Å². The summed E-state index contributed by atoms with van der Waals surface area (Å²) in [5, 5.41) is 9.20. The monoisotopic (exact) mass is 728 g/mol. The minimum Gasteiger partial charge on any atom is -0.213 e. The van der Waals surface area contributed by atoms with E-state index in [0.29, 0.717) is 10.0 Å². The fourth-order valence-electron chi connectivity index (χ4n) is 4.29. The normalized spacial score (nSPS) is 10.3. The SMILES string of the molecule is Clc1cc[c-](P(c2ccccc2)c2ccccc2)c1Cl.[Fe+2].[Pd+2].c1ccc(P(c2ccccc2)[c-]2cccc2)cc1. The van der Waals surface area contributed by atoms with Gasteiger partial charge in [0, 0.05) is 0 Å². The Bertz CT molecular complexity index is 1450. The zero-order valence-corrected chi connectivity index (χ0v) is 27.3. The Balaban J connectivity index is 0.000000211. The van der Waals surface area contributed by atoms with Crippen LogP contribution in [0.4, 0.5) is 0 Å². The first-order chi connectivity index (χ1) is 18.7. The maximum Gasteiger partial charge on any atom is 2.00 e. The van der Waals surface area contributed by atoms with Crippen molar-refractivity contribution < 1.29 is 37.5 Å². The van der Waals surface area contributed by atoms with Crippen LogP contribution in [-0.4, -0.2) is 0 Å². The Morgan fingerprint density at radius 2 is 0.775 bits per heavy atom. The van der Waals surface area contributed by atoms with Crippen molar-refractivity contribution in [2.24, 2.45) is 0 Å². The molecule has 0 saturated carbocycles. The third kappa shape index (κ3) is 8.15. The Hall–Kier alpha value is -1.80. The number of halogens is 2. The second-order valence-corrected chi connectivity index (χ2v) is 13.7. The molecule has 0 nitrogen and oxygen atoms in total. The molecule has 0 aliphatic heterocycles. The summed E-state index contributed by atoms with van der Waals surface area (Å²) in [5.41, 5.74) is 0. The van der Waals surface area contributed by atoms with Gasteiger partial charge < -0.3 is 0 Å². The zero-order chi connectivity index (χ0) is 26.2. The largest absolute Gasteiger partial charge is 2.00 e. The van der Waals surface area contributed by atoms with E-state index in [1.807, 2.05) is 24.3 Å². The summed E-state index contributed by atoms with van der Waals surface area (Å²) in [6, 6.07) is 55.1. The van der Waals surface area contributed by atoms with E-state index in [4.69, 9.17) is 23.2 Å². The van der Waals surface area contributed by atoms with E-state index < -0.39 is 15.8 Å². The van der Waals surface area contributed by atoms with E-state index >= 15 is 0 Å². The molecule has 0 N–H and O–H groups in total. The van der Waals surface area contributed by atoms with Crippen LogP contribution >= 0.6 is 39.0 Å². The second-order valence-electron chi connectivity index (χ2n) is 8.54. The minimum atomic E-state index is -0.662. The third-order valence-electron chi connectivity index (χ3n) is 6.02. The Labute approximate surface area is 274 Å². The Morgan fingerprint density at radius 3 is 1.10 bits per heavy atom. The molecule has 0 heterocycles. The summed E-state index contributed by atoms with van der Waals surface area (Å²) in [5.74, 6) is 0. The van der Waals surface area contributed by atoms with E-state index in [1.165, 1.54) is 26.5 Å². The summed E-state index contributed by atoms with van der Waals surface area (Å²) >= 11 is 12.5. The second kappa shape index (κ2) is 16.6. The van der Waals surface area contributed by atoms with Gasteiger partial charge in [-0.05, 0) is 21.2 Å². The van der Waals surface area contributed by atoms with E-state index in [2.05, 4.69) is 133 Å². The first-order valence-corrected chi connectivity index (χ1v) is 15.8. The number of benzene rings is 4. The quantitative estimate of drug-likeness (QED) is 0.0941. The first kappa shape index (κ1) is 32.7. The van der Waals surface area contributed by atoms with Crippen molar-refractivity contribution in [2.75, 3.05) is 0 Å². The van der Waals surface area contributed by atoms with Gasteiger partial charge in [-0.2, -0.15) is 35.9 Å². The fraction of sp³-hybridized carbons (Fsp3) is 0. The van der Waals surface area contributed by atoms with Gasteiger partial charge in [0.15, 0.2) is 0 Å². The summed E-state index contributed by atoms with van der Waals surface area (Å²) < 4.78 is 0. The Kier molecular flexibility index (Phi) is 13.6. The van der Waals surface area contributed by atoms with Crippen LogP contribution in [0.5, 0.6) is 0 Å². The van der Waals surface area contributed by atoms with Crippen LogP contribution in [0.3, 0.4) is 0 Å². The van der Waals surface area contributed by atoms with Gasteiger partial charge in [-0.25, -0.2) is 12.1 Å². The molecule has 202 valence electrons. The molecule has 6 heteroatoms. The third-order valence-corrected chi connectivity index (χ3v) is 11.9. The predicted octanol–water partition coefficient (Wildman–Crippen LogP) is 7.63. The molecule has 0 atom stereocenters. The smallest absolute Gasteiger partial charge is 0.213 e. The molecule has 40 heavy (non-hydrogen) atoms. The van der Waals surface area contributed by atoms with E-state index in [9.17, 15) is 0 Å². The number of hydrogen-bond donors (Lipinski definition) is 0. The van der Waals surface area contributed by atoms with Crippen molar-refractivity contribution in [2.45, 2.75) is 0 Å². The molecule has 0 aromatic heterocycles. The van der Waals surface area contributed by atoms with Crippen LogP contribution in [-0.2, 0) is 37.5 Å². The molecule has 0 aliphatic carbocycles. The molecule has 6 aromatic carbocycles. The molecular weight excluding hydrogens is 703 g/mol. The maximum atomic E-state index is 6.39. The number of hydrogen-bond acceptors (Lipinski definition) is 0. The van der Waals surface area contributed by atoms with Gasteiger partial charge in [-0.1, -0.05) is 147 Å². The fourth-order valence-corrected chi connectivity index (χ4v) is 9.54. The molecule has 0 unspecified atom stereocenters. The molecule has 6 aromatic rings. The Morgan fingerprint density at radius 1 is 0.425 bits per heavy atom. The van der Waals surface area contributed by atoms with Crippen molar-refractivity contribution in [1.82, 2.24) is 0 Å². The van der Waals surface area contributed by atoms with Gasteiger partial charge in [0.2, 0.25) is 0 Å². The zero-order valence-electron chi connectivity index (χ0n) is 21.3. The van der Waals surface area contributed by atoms with Gasteiger partial charge in [0.25, 0.3) is 0 Å². The standard InChI is InChI=1S/C17H12Cl2P.C17H14P.Fe.Pd/c18-15-11-12-16(17(15)19)20(13-7-3-1-4-8-13)14-9-5-2-6-10-14;1-3-9-15(10-4-1)18(17-13-7-8-14-17)16-11-5-2-6-12-16;;/h1-12H;1-14H;;/q2*-1;2*+2. The molecular formula is C34H26Cl2FeP2Pd+2. The molecule has 6 rings (SSSR count). The van der Waals surface area contributed by atoms with Gasteiger partial charge in [0.05, 0.1) is 0 Å². The maximum absolute atomic E-state index is 6.39. The summed E-state index contributed by atoms with van der Waals surface area (Å²) in [4.78, 5) is 0. The van der Waals surface area contributed by atoms with Gasteiger partial charge in [-0.15, -0.1) is 22.2 Å². The molecule has 0 aliphatic rings. The van der Waals surface area contributed by atoms with Gasteiger partial charge >= 0.3 is 37.5 Å². The topological polar surface area (TPSA) is 0 Å². The molecule has 0 amide bonds. The molecule has 0 fully saturated rings. The van der Waals surface area contributed by atoms with Crippen LogP contribution in [0, 0.1) is 0 Å². The summed E-state index contributed by atoms with van der Waals surface area (Å²) in [7, 11) is -1.07. The summed E-state index contributed by atoms with van der Waals surface area (Å²) in [6.45, 7) is 0. The molecule has 0 bridgehead atoms. The first-order valence-electron chi connectivity index (χ1n) is 12.4. The molecule has 0 spiro atoms. The van der Waals surface area contributed by atoms with Crippen molar-refractivity contribution in [3.8, 4) is 0 Å². The number of rotatable bonds is 6. The minimum absolute atomic E-state index is 0. The van der Waals surface area contributed by atoms with Crippen LogP contribution in [0.2, 0.25) is 10.0 Å². The van der Waals surface area contributed by atoms with Crippen molar-refractivity contribution in [3.05, 3.63) is 168 Å². The van der Waals surface area contributed by atoms with E-state index in [1.54, 1.807) is 0 Å². The van der Waals surface area contributed by atoms with Crippen LogP contribution in [0.1, 0.15) is 0 Å². The average Bonchev–Trinajstić information content (AvgIpc) is 3.63.